The minimum Gasteiger partial charge on any atom is -0.387 e. The predicted octanol–water partition coefficient (Wildman–Crippen LogP) is 2.45. The zero-order valence-electron chi connectivity index (χ0n) is 8.71. The molecular formula is C11H16BrNO. The molecule has 1 rings (SSSR count). The maximum atomic E-state index is 9.84. The van der Waals surface area contributed by atoms with Gasteiger partial charge in [-0.1, -0.05) is 22.0 Å². The van der Waals surface area contributed by atoms with Crippen LogP contribution in [-0.2, 0) is 0 Å². The molecule has 0 aromatic heterocycles. The van der Waals surface area contributed by atoms with Gasteiger partial charge in [-0.25, -0.2) is 0 Å². The van der Waals surface area contributed by atoms with E-state index in [0.29, 0.717) is 0 Å². The molecule has 0 saturated carbocycles. The Balaban J connectivity index is 3.15. The summed E-state index contributed by atoms with van der Waals surface area (Å²) in [6.07, 6.45) is -0.608. The van der Waals surface area contributed by atoms with Crippen molar-refractivity contribution in [2.75, 3.05) is 0 Å². The van der Waals surface area contributed by atoms with Crippen molar-refractivity contribution in [2.45, 2.75) is 32.9 Å². The van der Waals surface area contributed by atoms with E-state index in [-0.39, 0.29) is 6.04 Å². The topological polar surface area (TPSA) is 46.2 Å². The summed E-state index contributed by atoms with van der Waals surface area (Å²) in [5, 5.41) is 9.84. The van der Waals surface area contributed by atoms with Crippen molar-refractivity contribution < 1.29 is 5.11 Å². The number of aryl methyl sites for hydroxylation is 2. The van der Waals surface area contributed by atoms with E-state index in [0.717, 1.165) is 10.0 Å². The van der Waals surface area contributed by atoms with Crippen molar-refractivity contribution in [1.29, 1.82) is 0 Å². The van der Waals surface area contributed by atoms with Crippen LogP contribution in [0.1, 0.15) is 29.7 Å². The molecular weight excluding hydrogens is 242 g/mol. The Bertz CT molecular complexity index is 336. The van der Waals surface area contributed by atoms with Crippen LogP contribution in [0.15, 0.2) is 16.6 Å². The van der Waals surface area contributed by atoms with Crippen LogP contribution in [0.4, 0.5) is 0 Å². The van der Waals surface area contributed by atoms with Crippen molar-refractivity contribution in [1.82, 2.24) is 0 Å². The van der Waals surface area contributed by atoms with Gasteiger partial charge in [-0.05, 0) is 43.5 Å². The molecule has 0 heterocycles. The van der Waals surface area contributed by atoms with Gasteiger partial charge < -0.3 is 10.8 Å². The number of rotatable bonds is 2. The van der Waals surface area contributed by atoms with E-state index in [1.165, 1.54) is 11.1 Å². The Kier molecular flexibility index (Phi) is 3.70. The molecule has 0 bridgehead atoms. The van der Waals surface area contributed by atoms with Crippen LogP contribution in [0, 0.1) is 13.8 Å². The third-order valence-corrected chi connectivity index (χ3v) is 3.12. The van der Waals surface area contributed by atoms with E-state index in [9.17, 15) is 5.11 Å². The van der Waals surface area contributed by atoms with Gasteiger partial charge in [0.25, 0.3) is 0 Å². The van der Waals surface area contributed by atoms with Crippen molar-refractivity contribution >= 4 is 15.9 Å². The van der Waals surface area contributed by atoms with Crippen LogP contribution in [0.25, 0.3) is 0 Å². The summed E-state index contributed by atoms with van der Waals surface area (Å²) in [5.41, 5.74) is 8.89. The lowest BCUT2D eigenvalue weighted by Gasteiger charge is -2.17. The predicted molar refractivity (Wildman–Crippen MR) is 62.2 cm³/mol. The molecule has 0 radical (unpaired) electrons. The summed E-state index contributed by atoms with van der Waals surface area (Å²) in [5.74, 6) is 0. The first-order chi connectivity index (χ1) is 6.43. The third kappa shape index (κ3) is 2.35. The fraction of sp³-hybridized carbons (Fsp3) is 0.455. The van der Waals surface area contributed by atoms with Gasteiger partial charge in [0.1, 0.15) is 0 Å². The van der Waals surface area contributed by atoms with Crippen molar-refractivity contribution in [3.05, 3.63) is 33.3 Å². The molecule has 0 aliphatic rings. The van der Waals surface area contributed by atoms with Crippen LogP contribution >= 0.6 is 15.9 Å². The minimum absolute atomic E-state index is 0.256. The zero-order chi connectivity index (χ0) is 10.9. The Hall–Kier alpha value is -0.380. The summed E-state index contributed by atoms with van der Waals surface area (Å²) < 4.78 is 0.922. The van der Waals surface area contributed by atoms with Gasteiger partial charge in [-0.2, -0.15) is 0 Å². The smallest absolute Gasteiger partial charge is 0.0949 e. The Labute approximate surface area is 93.3 Å². The fourth-order valence-electron chi connectivity index (χ4n) is 1.31. The van der Waals surface area contributed by atoms with Crippen LogP contribution in [0.3, 0.4) is 0 Å². The second-order valence-electron chi connectivity index (χ2n) is 3.76. The van der Waals surface area contributed by atoms with Crippen LogP contribution in [-0.4, -0.2) is 11.1 Å². The summed E-state index contributed by atoms with van der Waals surface area (Å²) in [4.78, 5) is 0. The Morgan fingerprint density at radius 2 is 1.79 bits per heavy atom. The molecule has 0 saturated heterocycles. The Morgan fingerprint density at radius 1 is 1.29 bits per heavy atom. The van der Waals surface area contributed by atoms with Gasteiger partial charge in [0.05, 0.1) is 6.10 Å². The van der Waals surface area contributed by atoms with Crippen molar-refractivity contribution in [3.63, 3.8) is 0 Å². The van der Waals surface area contributed by atoms with Gasteiger partial charge in [0.15, 0.2) is 0 Å². The van der Waals surface area contributed by atoms with E-state index in [1.54, 1.807) is 6.92 Å². The molecule has 1 aromatic rings. The number of aliphatic hydroxyl groups is 1. The van der Waals surface area contributed by atoms with Gasteiger partial charge in [0.2, 0.25) is 0 Å². The van der Waals surface area contributed by atoms with E-state index in [4.69, 9.17) is 5.73 Å². The lowest BCUT2D eigenvalue weighted by Crippen LogP contribution is -2.24. The van der Waals surface area contributed by atoms with Gasteiger partial charge in [-0.15, -0.1) is 0 Å². The molecule has 0 unspecified atom stereocenters. The van der Waals surface area contributed by atoms with Gasteiger partial charge in [-0.3, -0.25) is 0 Å². The molecule has 0 spiro atoms. The van der Waals surface area contributed by atoms with Crippen LogP contribution < -0.4 is 5.73 Å². The molecule has 14 heavy (non-hydrogen) atoms. The molecule has 3 heteroatoms. The number of hydrogen-bond donors (Lipinski definition) is 2. The lowest BCUT2D eigenvalue weighted by atomic mass is 9.99. The second kappa shape index (κ2) is 4.43. The van der Waals surface area contributed by atoms with Gasteiger partial charge >= 0.3 is 0 Å². The highest BCUT2D eigenvalue weighted by Crippen LogP contribution is 2.27. The Morgan fingerprint density at radius 3 is 2.29 bits per heavy atom. The van der Waals surface area contributed by atoms with Crippen LogP contribution in [0.2, 0.25) is 0 Å². The first-order valence-electron chi connectivity index (χ1n) is 4.63. The SMILES string of the molecule is Cc1cc(Br)c([C@@H](O)[C@H](C)N)cc1C. The molecule has 0 aliphatic carbocycles. The highest BCUT2D eigenvalue weighted by atomic mass is 79.9. The zero-order valence-corrected chi connectivity index (χ0v) is 10.3. The van der Waals surface area contributed by atoms with E-state index in [1.807, 2.05) is 26.0 Å². The number of hydrogen-bond acceptors (Lipinski definition) is 2. The summed E-state index contributed by atoms with van der Waals surface area (Å²) in [7, 11) is 0. The first kappa shape index (κ1) is 11.7. The third-order valence-electron chi connectivity index (χ3n) is 2.43. The average molecular weight is 258 g/mol. The second-order valence-corrected chi connectivity index (χ2v) is 4.62. The highest BCUT2D eigenvalue weighted by molar-refractivity contribution is 9.10. The average Bonchev–Trinajstić information content (AvgIpc) is 2.10. The molecule has 1 aromatic carbocycles. The molecule has 2 nitrogen and oxygen atoms in total. The molecule has 2 atom stereocenters. The quantitative estimate of drug-likeness (QED) is 0.855. The summed E-state index contributed by atoms with van der Waals surface area (Å²) in [6, 6.07) is 3.73. The largest absolute Gasteiger partial charge is 0.387 e. The van der Waals surface area contributed by atoms with Crippen molar-refractivity contribution in [3.8, 4) is 0 Å². The van der Waals surface area contributed by atoms with Crippen molar-refractivity contribution in [2.24, 2.45) is 5.73 Å². The number of aliphatic hydroxyl groups excluding tert-OH is 1. The maximum Gasteiger partial charge on any atom is 0.0949 e. The monoisotopic (exact) mass is 257 g/mol. The van der Waals surface area contributed by atoms with Gasteiger partial charge in [0, 0.05) is 10.5 Å². The van der Waals surface area contributed by atoms with E-state index < -0.39 is 6.10 Å². The van der Waals surface area contributed by atoms with E-state index >= 15 is 0 Å². The fourth-order valence-corrected chi connectivity index (χ4v) is 2.01. The number of halogens is 1. The normalized spacial score (nSPS) is 15.3. The number of nitrogens with two attached hydrogens (primary N) is 1. The minimum atomic E-state index is -0.608. The van der Waals surface area contributed by atoms with Crippen LogP contribution in [0.5, 0.6) is 0 Å². The molecule has 0 amide bonds. The molecule has 3 N–H and O–H groups in total. The summed E-state index contributed by atoms with van der Waals surface area (Å²) >= 11 is 3.43. The lowest BCUT2D eigenvalue weighted by molar-refractivity contribution is 0.152. The standard InChI is InChI=1S/C11H16BrNO/c1-6-4-9(11(14)8(3)13)10(12)5-7(6)2/h4-5,8,11,14H,13H2,1-3H3/t8-,11-/m0/s1. The maximum absolute atomic E-state index is 9.84. The van der Waals surface area contributed by atoms with E-state index in [2.05, 4.69) is 15.9 Å². The molecule has 78 valence electrons. The highest BCUT2D eigenvalue weighted by Gasteiger charge is 2.16. The molecule has 0 aliphatic heterocycles. The first-order valence-corrected chi connectivity index (χ1v) is 5.43. The molecule has 0 fully saturated rings. The summed E-state index contributed by atoms with van der Waals surface area (Å²) in [6.45, 7) is 5.87. The number of benzene rings is 1.